The normalized spacial score (nSPS) is 16.2. The standard InChI is InChI=1S/C24H22N6O4/c31-21-17-4-1-2-5-18(17)22(32)20-19(21)26-30(33)29(20)10-3-9-27-11-13-28(14-12-27)24-23-16(6-8-25-24)7-15-34-23/h1-2,4-8,15H,3,9-14H2. The number of pyridine rings is 1. The summed E-state index contributed by atoms with van der Waals surface area (Å²) in [5.41, 5.74) is 1.44. The zero-order valence-corrected chi connectivity index (χ0v) is 18.4. The van der Waals surface area contributed by atoms with E-state index in [0.29, 0.717) is 29.1 Å². The molecule has 0 amide bonds. The predicted molar refractivity (Wildman–Crippen MR) is 122 cm³/mol. The summed E-state index contributed by atoms with van der Waals surface area (Å²) < 4.78 is 6.90. The van der Waals surface area contributed by atoms with Gasteiger partial charge in [0, 0.05) is 65.5 Å². The maximum atomic E-state index is 13.0. The summed E-state index contributed by atoms with van der Waals surface area (Å²) in [6.45, 7) is 4.40. The fraction of sp³-hybridized carbons (Fsp3) is 0.292. The molecule has 1 aliphatic heterocycles. The number of piperazine rings is 1. The molecule has 172 valence electrons. The minimum absolute atomic E-state index is 0.0630. The average molecular weight is 458 g/mol. The third-order valence-electron chi connectivity index (χ3n) is 6.59. The van der Waals surface area contributed by atoms with E-state index in [4.69, 9.17) is 4.42 Å². The van der Waals surface area contributed by atoms with E-state index in [1.54, 1.807) is 36.7 Å². The van der Waals surface area contributed by atoms with Crippen LogP contribution in [-0.2, 0) is 6.54 Å². The molecule has 1 fully saturated rings. The molecule has 10 nitrogen and oxygen atoms in total. The second-order valence-corrected chi connectivity index (χ2v) is 8.53. The minimum atomic E-state index is -0.384. The molecule has 2 aliphatic rings. The van der Waals surface area contributed by atoms with Crippen LogP contribution in [0.2, 0.25) is 0 Å². The Labute approximate surface area is 194 Å². The molecular weight excluding hydrogens is 436 g/mol. The first-order chi connectivity index (χ1) is 16.6. The van der Waals surface area contributed by atoms with Gasteiger partial charge in [-0.15, -0.1) is 4.68 Å². The molecule has 0 saturated carbocycles. The molecule has 0 unspecified atom stereocenters. The number of nitrogens with zero attached hydrogens (tertiary/aromatic N) is 6. The zero-order valence-electron chi connectivity index (χ0n) is 18.4. The van der Waals surface area contributed by atoms with Gasteiger partial charge in [-0.25, -0.2) is 4.98 Å². The van der Waals surface area contributed by atoms with E-state index in [9.17, 15) is 14.8 Å². The minimum Gasteiger partial charge on any atom is -0.571 e. The molecular formula is C24H22N6O4. The Balaban J connectivity index is 1.11. The van der Waals surface area contributed by atoms with Crippen molar-refractivity contribution in [2.45, 2.75) is 13.0 Å². The molecule has 6 rings (SSSR count). The summed E-state index contributed by atoms with van der Waals surface area (Å²) in [6.07, 6.45) is 4.13. The van der Waals surface area contributed by atoms with Gasteiger partial charge in [-0.3, -0.25) is 14.5 Å². The first-order valence-corrected chi connectivity index (χ1v) is 11.3. The van der Waals surface area contributed by atoms with Crippen LogP contribution < -0.4 is 9.86 Å². The highest BCUT2D eigenvalue weighted by atomic mass is 16.5. The molecule has 0 spiro atoms. The third-order valence-corrected chi connectivity index (χ3v) is 6.59. The fourth-order valence-corrected chi connectivity index (χ4v) is 4.84. The Kier molecular flexibility index (Phi) is 4.88. The van der Waals surface area contributed by atoms with Gasteiger partial charge in [0.2, 0.25) is 17.3 Å². The number of rotatable bonds is 5. The van der Waals surface area contributed by atoms with Gasteiger partial charge in [-0.1, -0.05) is 24.3 Å². The van der Waals surface area contributed by atoms with E-state index in [2.05, 4.69) is 19.9 Å². The van der Waals surface area contributed by atoms with Gasteiger partial charge in [0.25, 0.3) is 0 Å². The Hall–Kier alpha value is -4.05. The monoisotopic (exact) mass is 458 g/mol. The van der Waals surface area contributed by atoms with Gasteiger partial charge in [0.05, 0.1) is 12.8 Å². The molecule has 1 aromatic carbocycles. The van der Waals surface area contributed by atoms with E-state index >= 15 is 0 Å². The lowest BCUT2D eigenvalue weighted by Gasteiger charge is -2.35. The Bertz CT molecular complexity index is 1420. The predicted octanol–water partition coefficient (Wildman–Crippen LogP) is 1.65. The lowest BCUT2D eigenvalue weighted by atomic mass is 9.90. The number of benzene rings is 1. The van der Waals surface area contributed by atoms with E-state index in [1.165, 1.54) is 4.68 Å². The van der Waals surface area contributed by atoms with Gasteiger partial charge in [0.1, 0.15) is 0 Å². The Morgan fingerprint density at radius 3 is 2.53 bits per heavy atom. The van der Waals surface area contributed by atoms with Crippen LogP contribution in [0.5, 0.6) is 0 Å². The van der Waals surface area contributed by atoms with Gasteiger partial charge in [-0.05, 0) is 18.6 Å². The molecule has 0 atom stereocenters. The summed E-state index contributed by atoms with van der Waals surface area (Å²) in [7, 11) is 0. The molecule has 4 aromatic rings. The van der Waals surface area contributed by atoms with Crippen LogP contribution in [0.3, 0.4) is 0 Å². The summed E-state index contributed by atoms with van der Waals surface area (Å²) in [4.78, 5) is 35.2. The van der Waals surface area contributed by atoms with E-state index in [-0.39, 0.29) is 23.0 Å². The van der Waals surface area contributed by atoms with Crippen LogP contribution in [0.1, 0.15) is 38.5 Å². The number of anilines is 1. The van der Waals surface area contributed by atoms with Crippen molar-refractivity contribution in [1.29, 1.82) is 0 Å². The van der Waals surface area contributed by atoms with Gasteiger partial charge >= 0.3 is 0 Å². The van der Waals surface area contributed by atoms with Gasteiger partial charge in [-0.2, -0.15) is 0 Å². The van der Waals surface area contributed by atoms with Crippen molar-refractivity contribution in [3.8, 4) is 0 Å². The SMILES string of the molecule is O=C1c2ccccc2C(=O)c2c1n[n+]([O-])n2CCCN1CCN(c2nccc3ccoc23)CC1. The number of carbonyl (C=O) groups is 2. The van der Waals surface area contributed by atoms with Crippen LogP contribution >= 0.6 is 0 Å². The van der Waals surface area contributed by atoms with Gasteiger partial charge < -0.3 is 14.5 Å². The maximum Gasteiger partial charge on any atom is 0.220 e. The quantitative estimate of drug-likeness (QED) is 0.289. The number of carbonyl (C=O) groups excluding carboxylic acids is 2. The van der Waals surface area contributed by atoms with E-state index < -0.39 is 0 Å². The molecule has 0 radical (unpaired) electrons. The van der Waals surface area contributed by atoms with Crippen LogP contribution in [0.25, 0.3) is 11.0 Å². The molecule has 4 heterocycles. The summed E-state index contributed by atoms with van der Waals surface area (Å²) in [5.74, 6) is 0.147. The molecule has 0 bridgehead atoms. The first kappa shape index (κ1) is 20.5. The van der Waals surface area contributed by atoms with E-state index in [0.717, 1.165) is 49.5 Å². The Morgan fingerprint density at radius 1 is 0.971 bits per heavy atom. The largest absolute Gasteiger partial charge is 0.571 e. The average Bonchev–Trinajstić information content (AvgIpc) is 3.48. The molecule has 1 saturated heterocycles. The van der Waals surface area contributed by atoms with Crippen LogP contribution in [0.4, 0.5) is 5.82 Å². The van der Waals surface area contributed by atoms with Gasteiger partial charge in [0.15, 0.2) is 17.1 Å². The second-order valence-electron chi connectivity index (χ2n) is 8.53. The molecule has 3 aromatic heterocycles. The number of fused-ring (bicyclic) bond motifs is 3. The topological polar surface area (TPSA) is 111 Å². The highest BCUT2D eigenvalue weighted by Crippen LogP contribution is 2.27. The Morgan fingerprint density at radius 2 is 1.74 bits per heavy atom. The van der Waals surface area contributed by atoms with Crippen molar-refractivity contribution < 1.29 is 19.0 Å². The van der Waals surface area contributed by atoms with Crippen molar-refractivity contribution in [3.63, 3.8) is 0 Å². The third kappa shape index (κ3) is 3.26. The molecule has 0 N–H and O–H groups in total. The number of hydrogen-bond acceptors (Lipinski definition) is 8. The maximum absolute atomic E-state index is 13.0. The molecule has 1 aliphatic carbocycles. The van der Waals surface area contributed by atoms with Crippen molar-refractivity contribution in [1.82, 2.24) is 19.7 Å². The highest BCUT2D eigenvalue weighted by molar-refractivity contribution is 6.26. The number of furan rings is 1. The highest BCUT2D eigenvalue weighted by Gasteiger charge is 2.39. The smallest absolute Gasteiger partial charge is 0.220 e. The van der Waals surface area contributed by atoms with Crippen molar-refractivity contribution >= 4 is 28.4 Å². The number of hydrogen-bond donors (Lipinski definition) is 0. The summed E-state index contributed by atoms with van der Waals surface area (Å²) >= 11 is 0. The lowest BCUT2D eigenvalue weighted by molar-refractivity contribution is -0.749. The summed E-state index contributed by atoms with van der Waals surface area (Å²) in [6, 6.07) is 10.5. The van der Waals surface area contributed by atoms with E-state index in [1.807, 2.05) is 12.1 Å². The lowest BCUT2D eigenvalue weighted by Crippen LogP contribution is -2.47. The molecule has 34 heavy (non-hydrogen) atoms. The van der Waals surface area contributed by atoms with Crippen LogP contribution in [-0.4, -0.2) is 64.0 Å². The summed E-state index contributed by atoms with van der Waals surface area (Å²) in [5, 5.41) is 17.3. The number of aromatic nitrogens is 4. The second kappa shape index (κ2) is 8.07. The van der Waals surface area contributed by atoms with Crippen LogP contribution in [0.15, 0.2) is 53.3 Å². The first-order valence-electron chi connectivity index (χ1n) is 11.3. The van der Waals surface area contributed by atoms with Crippen LogP contribution in [0, 0.1) is 5.21 Å². The van der Waals surface area contributed by atoms with Crippen molar-refractivity contribution in [2.24, 2.45) is 0 Å². The van der Waals surface area contributed by atoms with Crippen molar-refractivity contribution in [2.75, 3.05) is 37.6 Å². The molecule has 10 heteroatoms. The number of ketones is 2. The fourth-order valence-electron chi connectivity index (χ4n) is 4.84. The van der Waals surface area contributed by atoms with Crippen molar-refractivity contribution in [3.05, 3.63) is 76.6 Å². The zero-order chi connectivity index (χ0) is 23.2.